The zero-order valence-electron chi connectivity index (χ0n) is 30.2. The number of carbonyl (C=O) groups is 2. The molecule has 2 aromatic rings. The van der Waals surface area contributed by atoms with Gasteiger partial charge in [0.25, 0.3) is 0 Å². The van der Waals surface area contributed by atoms with Gasteiger partial charge in [-0.1, -0.05) is 35.3 Å². The molecular formula is C42H50Cl2F4O4. The third-order valence-corrected chi connectivity index (χ3v) is 15.1. The molecule has 8 rings (SSSR count). The van der Waals surface area contributed by atoms with E-state index in [1.807, 2.05) is 0 Å². The van der Waals surface area contributed by atoms with Crippen LogP contribution in [0, 0.1) is 57.8 Å². The van der Waals surface area contributed by atoms with Gasteiger partial charge in [-0.25, -0.2) is 8.78 Å². The summed E-state index contributed by atoms with van der Waals surface area (Å²) in [4.78, 5) is 22.9. The summed E-state index contributed by atoms with van der Waals surface area (Å²) < 4.78 is 66.2. The molecule has 2 spiro atoms. The van der Waals surface area contributed by atoms with Crippen LogP contribution in [0.2, 0.25) is 0 Å². The fraction of sp³-hybridized carbons (Fsp3) is 0.667. The van der Waals surface area contributed by atoms with E-state index in [9.17, 15) is 27.2 Å². The lowest BCUT2D eigenvalue weighted by Crippen LogP contribution is -2.64. The SMILES string of the molecule is CCOc1ccc(C2CCC(C3CC4(CC(=O)C4(Cl)Cl)C3)CC2)c(F)c1F.CCOc1ccc(C2CCC(C3CC4(CC(=O)C4)C3)CC2)c(F)c1F. The van der Waals surface area contributed by atoms with Crippen molar-refractivity contribution in [1.29, 1.82) is 0 Å². The molecule has 0 saturated heterocycles. The molecule has 10 heteroatoms. The van der Waals surface area contributed by atoms with E-state index in [0.29, 0.717) is 59.7 Å². The lowest BCUT2D eigenvalue weighted by atomic mass is 9.47. The summed E-state index contributed by atoms with van der Waals surface area (Å²) in [6.45, 7) is 4.14. The molecule has 52 heavy (non-hydrogen) atoms. The maximum atomic E-state index is 14.5. The molecule has 0 amide bonds. The molecule has 6 aliphatic rings. The van der Waals surface area contributed by atoms with E-state index < -0.39 is 27.6 Å². The number of Topliss-reactive ketones (excluding diaryl/α,β-unsaturated/α-hetero) is 2. The predicted molar refractivity (Wildman–Crippen MR) is 193 cm³/mol. The first-order valence-corrected chi connectivity index (χ1v) is 20.2. The van der Waals surface area contributed by atoms with Crippen molar-refractivity contribution < 1.29 is 36.6 Å². The second kappa shape index (κ2) is 14.7. The molecule has 0 aromatic heterocycles. The minimum absolute atomic E-state index is 0.00671. The standard InChI is InChI=1S/C21H24Cl2F2O2.C21H26F2O2/c1-2-27-16-8-7-15(18(24)19(16)25)13-5-3-12(4-6-13)14-9-20(10-14)11-17(26)21(20,22)23;1-2-25-18-8-7-17(19(22)20(18)23)14-5-3-13(4-6-14)15-9-21(10-15)11-16(24)12-21/h7-8,12-14H,2-6,9-11H2,1H3;7-8,13-15H,2-6,9-12H2,1H3. The Balaban J connectivity index is 0.000000162. The third-order valence-electron chi connectivity index (χ3n) is 13.9. The van der Waals surface area contributed by atoms with Crippen molar-refractivity contribution in [3.63, 3.8) is 0 Å². The average Bonchev–Trinajstić information content (AvgIpc) is 3.08. The van der Waals surface area contributed by atoms with Crippen molar-refractivity contribution in [3.05, 3.63) is 58.7 Å². The number of carbonyl (C=O) groups excluding carboxylic acids is 2. The molecule has 0 radical (unpaired) electrons. The zero-order chi connectivity index (χ0) is 37.0. The molecule has 4 nitrogen and oxygen atoms in total. The Morgan fingerprint density at radius 3 is 1.38 bits per heavy atom. The van der Waals surface area contributed by atoms with Crippen molar-refractivity contribution in [2.24, 2.45) is 34.5 Å². The molecule has 0 heterocycles. The Bertz CT molecular complexity index is 1660. The quantitative estimate of drug-likeness (QED) is 0.198. The first-order valence-electron chi connectivity index (χ1n) is 19.4. The molecule has 6 aliphatic carbocycles. The summed E-state index contributed by atoms with van der Waals surface area (Å²) in [5, 5.41) is 0. The summed E-state index contributed by atoms with van der Waals surface area (Å²) in [7, 11) is 0. The fourth-order valence-electron chi connectivity index (χ4n) is 10.9. The normalized spacial score (nSPS) is 30.0. The lowest BCUT2D eigenvalue weighted by molar-refractivity contribution is -0.148. The molecule has 2 aromatic carbocycles. The molecule has 0 aliphatic heterocycles. The number of benzene rings is 2. The Morgan fingerprint density at radius 2 is 1.02 bits per heavy atom. The number of hydrogen-bond acceptors (Lipinski definition) is 4. The topological polar surface area (TPSA) is 52.6 Å². The van der Waals surface area contributed by atoms with Crippen LogP contribution in [0.5, 0.6) is 11.5 Å². The smallest absolute Gasteiger partial charge is 0.200 e. The van der Waals surface area contributed by atoms with Gasteiger partial charge in [-0.3, -0.25) is 9.59 Å². The van der Waals surface area contributed by atoms with Gasteiger partial charge in [0.15, 0.2) is 33.3 Å². The average molecular weight is 766 g/mol. The summed E-state index contributed by atoms with van der Waals surface area (Å²) in [5.41, 5.74) is 1.13. The van der Waals surface area contributed by atoms with Gasteiger partial charge in [0.05, 0.1) is 13.2 Å². The monoisotopic (exact) mass is 764 g/mol. The maximum Gasteiger partial charge on any atom is 0.200 e. The Morgan fingerprint density at radius 1 is 0.596 bits per heavy atom. The van der Waals surface area contributed by atoms with E-state index >= 15 is 0 Å². The van der Waals surface area contributed by atoms with Gasteiger partial charge in [0.1, 0.15) is 5.78 Å². The van der Waals surface area contributed by atoms with E-state index in [1.54, 1.807) is 32.0 Å². The first-order chi connectivity index (χ1) is 24.8. The van der Waals surface area contributed by atoms with Gasteiger partial charge in [0.2, 0.25) is 11.6 Å². The van der Waals surface area contributed by atoms with Crippen LogP contribution in [0.25, 0.3) is 0 Å². The number of ether oxygens (including phenoxy) is 2. The fourth-order valence-corrected chi connectivity index (χ4v) is 11.5. The number of ketones is 2. The summed E-state index contributed by atoms with van der Waals surface area (Å²) >= 11 is 12.4. The minimum Gasteiger partial charge on any atom is -0.491 e. The minimum atomic E-state index is -1.19. The van der Waals surface area contributed by atoms with E-state index in [-0.39, 0.29) is 34.5 Å². The molecule has 0 unspecified atom stereocenters. The van der Waals surface area contributed by atoms with E-state index in [2.05, 4.69) is 0 Å². The maximum absolute atomic E-state index is 14.5. The van der Waals surface area contributed by atoms with Crippen molar-refractivity contribution in [2.45, 2.75) is 126 Å². The van der Waals surface area contributed by atoms with E-state index in [4.69, 9.17) is 32.7 Å². The molecule has 0 atom stereocenters. The summed E-state index contributed by atoms with van der Waals surface area (Å²) in [5.74, 6) is -0.170. The molecule has 284 valence electrons. The number of hydrogen-bond donors (Lipinski definition) is 0. The van der Waals surface area contributed by atoms with Gasteiger partial charge in [-0.2, -0.15) is 8.78 Å². The van der Waals surface area contributed by atoms with Crippen LogP contribution in [-0.4, -0.2) is 29.1 Å². The Hall–Kier alpha value is -2.32. The van der Waals surface area contributed by atoms with Crippen molar-refractivity contribution in [2.75, 3.05) is 13.2 Å². The lowest BCUT2D eigenvalue weighted by Gasteiger charge is -2.61. The second-order valence-electron chi connectivity index (χ2n) is 16.8. The molecule has 6 saturated carbocycles. The Labute approximate surface area is 314 Å². The van der Waals surface area contributed by atoms with Crippen molar-refractivity contribution >= 4 is 34.8 Å². The summed E-state index contributed by atoms with van der Waals surface area (Å²) in [6.07, 6.45) is 14.1. The highest BCUT2D eigenvalue weighted by Crippen LogP contribution is 2.69. The third kappa shape index (κ3) is 6.79. The van der Waals surface area contributed by atoms with Gasteiger partial charge < -0.3 is 9.47 Å². The van der Waals surface area contributed by atoms with Crippen LogP contribution in [0.3, 0.4) is 0 Å². The zero-order valence-corrected chi connectivity index (χ0v) is 31.7. The Kier molecular flexibility index (Phi) is 10.8. The van der Waals surface area contributed by atoms with Gasteiger partial charge in [0, 0.05) is 24.7 Å². The first kappa shape index (κ1) is 38.0. The number of rotatable bonds is 8. The van der Waals surface area contributed by atoms with Gasteiger partial charge >= 0.3 is 0 Å². The van der Waals surface area contributed by atoms with Crippen molar-refractivity contribution in [3.8, 4) is 11.5 Å². The highest BCUT2D eigenvalue weighted by atomic mass is 35.5. The van der Waals surface area contributed by atoms with Crippen LogP contribution in [0.4, 0.5) is 17.6 Å². The van der Waals surface area contributed by atoms with Gasteiger partial charge in [-0.15, -0.1) is 0 Å². The van der Waals surface area contributed by atoms with E-state index in [1.165, 1.54) is 18.9 Å². The number of halogens is 6. The van der Waals surface area contributed by atoms with Crippen LogP contribution in [0.15, 0.2) is 24.3 Å². The van der Waals surface area contributed by atoms with Crippen molar-refractivity contribution in [1.82, 2.24) is 0 Å². The van der Waals surface area contributed by atoms with Crippen LogP contribution in [-0.2, 0) is 9.59 Å². The predicted octanol–water partition coefficient (Wildman–Crippen LogP) is 11.6. The molecule has 0 bridgehead atoms. The van der Waals surface area contributed by atoms with Crippen LogP contribution < -0.4 is 9.47 Å². The second-order valence-corrected chi connectivity index (χ2v) is 18.2. The summed E-state index contributed by atoms with van der Waals surface area (Å²) in [6, 6.07) is 6.47. The largest absolute Gasteiger partial charge is 0.491 e. The molecular weight excluding hydrogens is 715 g/mol. The number of alkyl halides is 2. The molecule has 0 N–H and O–H groups in total. The van der Waals surface area contributed by atoms with Crippen LogP contribution >= 0.6 is 23.2 Å². The highest BCUT2D eigenvalue weighted by molar-refractivity contribution is 6.61. The molecule has 6 fully saturated rings. The van der Waals surface area contributed by atoms with Crippen LogP contribution in [0.1, 0.15) is 133 Å². The van der Waals surface area contributed by atoms with Gasteiger partial charge in [-0.05, 0) is 155 Å². The van der Waals surface area contributed by atoms with E-state index in [0.717, 1.165) is 83.0 Å². The highest BCUT2D eigenvalue weighted by Gasteiger charge is 2.69.